The minimum Gasteiger partial charge on any atom is -0.361 e. The predicted octanol–water partition coefficient (Wildman–Crippen LogP) is 3.75. The molecule has 4 rings (SSSR count). The molecular formula is C24H27N3O2. The van der Waals surface area contributed by atoms with Crippen LogP contribution in [0.4, 0.5) is 5.69 Å². The van der Waals surface area contributed by atoms with Crippen molar-refractivity contribution in [3.63, 3.8) is 0 Å². The number of carbonyl (C=O) groups excluding carboxylic acids is 2. The molecule has 2 heterocycles. The third-order valence-corrected chi connectivity index (χ3v) is 5.79. The number of nitrogens with zero attached hydrogens (tertiary/aromatic N) is 1. The first-order valence-electron chi connectivity index (χ1n) is 10.3. The monoisotopic (exact) mass is 389 g/mol. The summed E-state index contributed by atoms with van der Waals surface area (Å²) in [6.07, 6.45) is 4.26. The zero-order valence-corrected chi connectivity index (χ0v) is 17.0. The van der Waals surface area contributed by atoms with Crippen molar-refractivity contribution in [1.29, 1.82) is 0 Å². The second kappa shape index (κ2) is 8.11. The number of hydrogen-bond donors (Lipinski definition) is 2. The van der Waals surface area contributed by atoms with E-state index in [4.69, 9.17) is 0 Å². The van der Waals surface area contributed by atoms with Crippen molar-refractivity contribution in [3.05, 3.63) is 65.4 Å². The van der Waals surface area contributed by atoms with Crippen LogP contribution >= 0.6 is 0 Å². The van der Waals surface area contributed by atoms with E-state index in [1.807, 2.05) is 30.5 Å². The van der Waals surface area contributed by atoms with Crippen LogP contribution in [-0.4, -0.2) is 29.9 Å². The van der Waals surface area contributed by atoms with E-state index in [1.54, 1.807) is 4.90 Å². The lowest BCUT2D eigenvalue weighted by Gasteiger charge is -2.17. The zero-order valence-electron chi connectivity index (χ0n) is 17.0. The second-order valence-electron chi connectivity index (χ2n) is 7.76. The van der Waals surface area contributed by atoms with Gasteiger partial charge in [-0.1, -0.05) is 30.7 Å². The van der Waals surface area contributed by atoms with Crippen molar-refractivity contribution < 1.29 is 9.59 Å². The summed E-state index contributed by atoms with van der Waals surface area (Å²) < 4.78 is 0. The minimum atomic E-state index is -0.592. The van der Waals surface area contributed by atoms with E-state index in [2.05, 4.69) is 42.3 Å². The summed E-state index contributed by atoms with van der Waals surface area (Å²) in [5.74, 6) is -0.862. The number of aromatic nitrogens is 1. The van der Waals surface area contributed by atoms with Crippen molar-refractivity contribution >= 4 is 28.4 Å². The maximum Gasteiger partial charge on any atom is 0.239 e. The lowest BCUT2D eigenvalue weighted by Crippen LogP contribution is -2.37. The Morgan fingerprint density at radius 3 is 2.76 bits per heavy atom. The Kier molecular flexibility index (Phi) is 5.38. The van der Waals surface area contributed by atoms with E-state index in [9.17, 15) is 9.59 Å². The highest BCUT2D eigenvalue weighted by molar-refractivity contribution is 6.09. The van der Waals surface area contributed by atoms with Crippen molar-refractivity contribution in [2.24, 2.45) is 5.92 Å². The maximum atomic E-state index is 12.8. The molecule has 29 heavy (non-hydrogen) atoms. The zero-order chi connectivity index (χ0) is 20.4. The van der Waals surface area contributed by atoms with E-state index >= 15 is 0 Å². The molecule has 0 spiro atoms. The average molecular weight is 389 g/mol. The summed E-state index contributed by atoms with van der Waals surface area (Å²) in [6.45, 7) is 5.29. The summed E-state index contributed by atoms with van der Waals surface area (Å²) in [4.78, 5) is 30.4. The molecule has 3 aromatic rings. The van der Waals surface area contributed by atoms with Gasteiger partial charge in [0.05, 0.1) is 0 Å². The van der Waals surface area contributed by atoms with Crippen LogP contribution in [0.5, 0.6) is 0 Å². The number of amides is 2. The van der Waals surface area contributed by atoms with Crippen molar-refractivity contribution in [2.75, 3.05) is 18.0 Å². The van der Waals surface area contributed by atoms with Gasteiger partial charge in [0.2, 0.25) is 11.8 Å². The maximum absolute atomic E-state index is 12.8. The van der Waals surface area contributed by atoms with Crippen LogP contribution in [0.3, 0.4) is 0 Å². The molecule has 150 valence electrons. The van der Waals surface area contributed by atoms with Gasteiger partial charge in [-0.3, -0.25) is 9.59 Å². The first-order valence-corrected chi connectivity index (χ1v) is 10.3. The first kappa shape index (κ1) is 19.2. The quantitative estimate of drug-likeness (QED) is 0.631. The Morgan fingerprint density at radius 2 is 2.00 bits per heavy atom. The van der Waals surface area contributed by atoms with Gasteiger partial charge >= 0.3 is 0 Å². The van der Waals surface area contributed by atoms with Crippen LogP contribution in [0.1, 0.15) is 30.0 Å². The molecule has 0 radical (unpaired) electrons. The van der Waals surface area contributed by atoms with Crippen molar-refractivity contribution in [3.8, 4) is 0 Å². The Morgan fingerprint density at radius 1 is 1.21 bits per heavy atom. The van der Waals surface area contributed by atoms with Gasteiger partial charge in [0, 0.05) is 35.9 Å². The van der Waals surface area contributed by atoms with E-state index in [0.29, 0.717) is 19.5 Å². The molecule has 5 nitrogen and oxygen atoms in total. The van der Waals surface area contributed by atoms with Gasteiger partial charge in [-0.15, -0.1) is 0 Å². The number of benzene rings is 2. The number of carbonyl (C=O) groups is 2. The fourth-order valence-corrected chi connectivity index (χ4v) is 4.03. The summed E-state index contributed by atoms with van der Waals surface area (Å²) in [6, 6.07) is 14.3. The molecule has 1 unspecified atom stereocenters. The molecule has 2 aromatic carbocycles. The lowest BCUT2D eigenvalue weighted by molar-refractivity contribution is -0.132. The molecule has 1 fully saturated rings. The Bertz CT molecular complexity index is 1040. The second-order valence-corrected chi connectivity index (χ2v) is 7.76. The van der Waals surface area contributed by atoms with Gasteiger partial charge in [0.25, 0.3) is 0 Å². The van der Waals surface area contributed by atoms with Crippen LogP contribution in [0.15, 0.2) is 48.7 Å². The summed E-state index contributed by atoms with van der Waals surface area (Å²) >= 11 is 0. The molecule has 2 amide bonds. The normalized spacial score (nSPS) is 16.6. The highest BCUT2D eigenvalue weighted by atomic mass is 16.2. The number of hydrogen-bond acceptors (Lipinski definition) is 2. The molecule has 0 bridgehead atoms. The molecule has 5 heteroatoms. The largest absolute Gasteiger partial charge is 0.361 e. The average Bonchev–Trinajstić information content (AvgIpc) is 3.31. The van der Waals surface area contributed by atoms with Crippen LogP contribution in [0.25, 0.3) is 10.9 Å². The van der Waals surface area contributed by atoms with Gasteiger partial charge in [0.15, 0.2) is 0 Å². The van der Waals surface area contributed by atoms with E-state index < -0.39 is 5.92 Å². The van der Waals surface area contributed by atoms with E-state index in [1.165, 1.54) is 22.1 Å². The Balaban J connectivity index is 1.35. The number of nitrogens with one attached hydrogen (secondary N) is 2. The van der Waals surface area contributed by atoms with Gasteiger partial charge in [-0.25, -0.2) is 0 Å². The number of anilines is 1. The SMILES string of the molecule is CCc1ccc(N2CCC(C(=O)NCCc3c[nH]c4ccc(C)cc34)C2=O)cc1. The number of aryl methyl sites for hydroxylation is 2. The number of H-pyrrole nitrogens is 1. The smallest absolute Gasteiger partial charge is 0.239 e. The first-order chi connectivity index (χ1) is 14.1. The van der Waals surface area contributed by atoms with Crippen molar-refractivity contribution in [2.45, 2.75) is 33.1 Å². The van der Waals surface area contributed by atoms with Gasteiger partial charge < -0.3 is 15.2 Å². The van der Waals surface area contributed by atoms with Gasteiger partial charge in [0.1, 0.15) is 5.92 Å². The number of fused-ring (bicyclic) bond motifs is 1. The Hall–Kier alpha value is -3.08. The van der Waals surface area contributed by atoms with Crippen LogP contribution in [-0.2, 0) is 22.4 Å². The highest BCUT2D eigenvalue weighted by Gasteiger charge is 2.37. The molecule has 1 aromatic heterocycles. The predicted molar refractivity (Wildman–Crippen MR) is 116 cm³/mol. The molecule has 1 aliphatic rings. The van der Waals surface area contributed by atoms with Crippen molar-refractivity contribution in [1.82, 2.24) is 10.3 Å². The van der Waals surface area contributed by atoms with Gasteiger partial charge in [-0.2, -0.15) is 0 Å². The summed E-state index contributed by atoms with van der Waals surface area (Å²) in [5.41, 5.74) is 5.61. The topological polar surface area (TPSA) is 65.2 Å². The molecular weight excluding hydrogens is 362 g/mol. The number of aromatic amines is 1. The van der Waals surface area contributed by atoms with E-state index in [0.717, 1.165) is 24.0 Å². The minimum absolute atomic E-state index is 0.102. The lowest BCUT2D eigenvalue weighted by atomic mass is 10.1. The van der Waals surface area contributed by atoms with Crippen LogP contribution in [0, 0.1) is 12.8 Å². The Labute approximate surface area is 171 Å². The van der Waals surface area contributed by atoms with Gasteiger partial charge in [-0.05, 0) is 61.6 Å². The molecule has 1 atom stereocenters. The van der Waals surface area contributed by atoms with E-state index in [-0.39, 0.29) is 11.8 Å². The highest BCUT2D eigenvalue weighted by Crippen LogP contribution is 2.26. The molecule has 0 saturated carbocycles. The molecule has 1 aliphatic heterocycles. The third-order valence-electron chi connectivity index (χ3n) is 5.79. The number of rotatable bonds is 6. The summed E-state index contributed by atoms with van der Waals surface area (Å²) in [5, 5.41) is 4.16. The fourth-order valence-electron chi connectivity index (χ4n) is 4.03. The fraction of sp³-hybridized carbons (Fsp3) is 0.333. The molecule has 2 N–H and O–H groups in total. The molecule has 0 aliphatic carbocycles. The van der Waals surface area contributed by atoms with Crippen LogP contribution < -0.4 is 10.2 Å². The molecule has 1 saturated heterocycles. The standard InChI is InChI=1S/C24H27N3O2/c1-3-17-5-7-19(8-6-17)27-13-11-20(24(27)29)23(28)25-12-10-18-15-26-22-9-4-16(2)14-21(18)22/h4-9,14-15,20,26H,3,10-13H2,1-2H3,(H,25,28). The third kappa shape index (κ3) is 3.90. The van der Waals surface area contributed by atoms with Crippen LogP contribution in [0.2, 0.25) is 0 Å². The summed E-state index contributed by atoms with van der Waals surface area (Å²) in [7, 11) is 0.